The van der Waals surface area contributed by atoms with Gasteiger partial charge in [0.2, 0.25) is 0 Å². The Bertz CT molecular complexity index is 408. The molecule has 1 aromatic carbocycles. The molecule has 0 spiro atoms. The lowest BCUT2D eigenvalue weighted by atomic mass is 10.1. The lowest BCUT2D eigenvalue weighted by Crippen LogP contribution is -2.26. The van der Waals surface area contributed by atoms with Gasteiger partial charge in [0.05, 0.1) is 0 Å². The molecule has 1 saturated heterocycles. The zero-order valence-corrected chi connectivity index (χ0v) is 10.5. The van der Waals surface area contributed by atoms with E-state index in [4.69, 9.17) is 0 Å². The molecule has 0 aromatic heterocycles. The van der Waals surface area contributed by atoms with Gasteiger partial charge in [-0.1, -0.05) is 30.7 Å². The number of benzene rings is 1. The Morgan fingerprint density at radius 1 is 0.938 bits per heavy atom. The maximum atomic E-state index is 13.0. The summed E-state index contributed by atoms with van der Waals surface area (Å²) >= 11 is 0. The van der Waals surface area contributed by atoms with E-state index >= 15 is 0 Å². The summed E-state index contributed by atoms with van der Waals surface area (Å²) in [5.41, 5.74) is 2.63. The first-order valence-electron chi connectivity index (χ1n) is 6.18. The molecular formula is C13H18NOP. The summed E-state index contributed by atoms with van der Waals surface area (Å²) in [5.74, 6) is 0. The van der Waals surface area contributed by atoms with Gasteiger partial charge in [0.15, 0.2) is 7.29 Å². The van der Waals surface area contributed by atoms with E-state index in [-0.39, 0.29) is 0 Å². The van der Waals surface area contributed by atoms with Crippen LogP contribution in [0.3, 0.4) is 0 Å². The highest BCUT2D eigenvalue weighted by atomic mass is 31.2. The lowest BCUT2D eigenvalue weighted by molar-refractivity contribution is 0.344. The van der Waals surface area contributed by atoms with E-state index in [0.717, 1.165) is 25.4 Å². The van der Waals surface area contributed by atoms with Crippen LogP contribution in [0.25, 0.3) is 0 Å². The third kappa shape index (κ3) is 1.74. The van der Waals surface area contributed by atoms with Crippen molar-refractivity contribution in [2.75, 3.05) is 13.1 Å². The molecule has 1 fully saturated rings. The third-order valence-corrected chi connectivity index (χ3v) is 6.90. The van der Waals surface area contributed by atoms with E-state index in [9.17, 15) is 4.57 Å². The van der Waals surface area contributed by atoms with Crippen LogP contribution < -0.4 is 0 Å². The van der Waals surface area contributed by atoms with Crippen molar-refractivity contribution < 1.29 is 4.57 Å². The smallest absolute Gasteiger partial charge is 0.158 e. The number of hydrogen-bond acceptors (Lipinski definition) is 1. The van der Waals surface area contributed by atoms with Gasteiger partial charge in [-0.3, -0.25) is 4.67 Å². The van der Waals surface area contributed by atoms with E-state index in [1.807, 2.05) is 0 Å². The topological polar surface area (TPSA) is 20.3 Å². The van der Waals surface area contributed by atoms with Crippen LogP contribution in [0.4, 0.5) is 0 Å². The highest BCUT2D eigenvalue weighted by molar-refractivity contribution is 7.60. The van der Waals surface area contributed by atoms with Gasteiger partial charge in [-0.2, -0.15) is 0 Å². The van der Waals surface area contributed by atoms with Crippen molar-refractivity contribution in [2.45, 2.75) is 31.6 Å². The SMILES string of the molecule is O=P1(N2CCCCC2)Cc2ccccc2C1. The molecule has 0 saturated carbocycles. The molecule has 0 radical (unpaired) electrons. The molecule has 0 unspecified atom stereocenters. The molecule has 2 aliphatic rings. The van der Waals surface area contributed by atoms with E-state index in [1.54, 1.807) is 0 Å². The Hall–Kier alpha value is -0.590. The normalized spacial score (nSPS) is 24.2. The van der Waals surface area contributed by atoms with E-state index < -0.39 is 7.29 Å². The summed E-state index contributed by atoms with van der Waals surface area (Å²) in [6.45, 7) is 2.09. The van der Waals surface area contributed by atoms with E-state index in [0.29, 0.717) is 0 Å². The zero-order chi connectivity index (χ0) is 11.0. The van der Waals surface area contributed by atoms with Gasteiger partial charge in [0, 0.05) is 25.4 Å². The summed E-state index contributed by atoms with van der Waals surface area (Å²) in [5, 5.41) is 0. The molecule has 2 aliphatic heterocycles. The number of piperidine rings is 1. The highest BCUT2D eigenvalue weighted by Crippen LogP contribution is 2.61. The third-order valence-electron chi connectivity index (χ3n) is 3.80. The van der Waals surface area contributed by atoms with Crippen LogP contribution in [0.15, 0.2) is 24.3 Å². The van der Waals surface area contributed by atoms with Crippen molar-refractivity contribution in [3.8, 4) is 0 Å². The van der Waals surface area contributed by atoms with Crippen molar-refractivity contribution in [1.29, 1.82) is 0 Å². The van der Waals surface area contributed by atoms with E-state index in [1.165, 1.54) is 30.4 Å². The summed E-state index contributed by atoms with van der Waals surface area (Å²) < 4.78 is 15.2. The monoisotopic (exact) mass is 235 g/mol. The number of rotatable bonds is 1. The molecule has 0 N–H and O–H groups in total. The van der Waals surface area contributed by atoms with Crippen LogP contribution in [0.1, 0.15) is 30.4 Å². The quantitative estimate of drug-likeness (QED) is 0.695. The lowest BCUT2D eigenvalue weighted by Gasteiger charge is -2.32. The second kappa shape index (κ2) is 4.01. The molecule has 0 bridgehead atoms. The van der Waals surface area contributed by atoms with Crippen molar-refractivity contribution in [2.24, 2.45) is 0 Å². The fourth-order valence-corrected chi connectivity index (χ4v) is 6.10. The summed E-state index contributed by atoms with van der Waals surface area (Å²) in [6.07, 6.45) is 5.37. The standard InChI is InChI=1S/C13H18NOP/c15-16(14-8-4-1-5-9-14)10-12-6-2-3-7-13(12)11-16/h2-3,6-7H,1,4-5,8-11H2. The fraction of sp³-hybridized carbons (Fsp3) is 0.538. The predicted octanol–water partition coefficient (Wildman–Crippen LogP) is 3.46. The predicted molar refractivity (Wildman–Crippen MR) is 66.9 cm³/mol. The minimum Gasteiger partial charge on any atom is -0.306 e. The Labute approximate surface area is 97.1 Å². The average molecular weight is 235 g/mol. The van der Waals surface area contributed by atoms with Crippen LogP contribution in [-0.2, 0) is 16.9 Å². The number of hydrogen-bond donors (Lipinski definition) is 0. The Morgan fingerprint density at radius 2 is 1.50 bits per heavy atom. The minimum atomic E-state index is -2.09. The molecule has 2 nitrogen and oxygen atoms in total. The van der Waals surface area contributed by atoms with Crippen molar-refractivity contribution in [3.63, 3.8) is 0 Å². The molecule has 2 heterocycles. The zero-order valence-electron chi connectivity index (χ0n) is 9.56. The van der Waals surface area contributed by atoms with Gasteiger partial charge in [0.25, 0.3) is 0 Å². The van der Waals surface area contributed by atoms with Crippen molar-refractivity contribution >= 4 is 7.29 Å². The first-order chi connectivity index (χ1) is 7.78. The van der Waals surface area contributed by atoms with Gasteiger partial charge in [0.1, 0.15) is 0 Å². The largest absolute Gasteiger partial charge is 0.306 e. The second-order valence-corrected chi connectivity index (χ2v) is 7.84. The first kappa shape index (κ1) is 10.6. The average Bonchev–Trinajstić information content (AvgIpc) is 2.68. The van der Waals surface area contributed by atoms with Crippen LogP contribution in [0, 0.1) is 0 Å². The maximum absolute atomic E-state index is 13.0. The van der Waals surface area contributed by atoms with Crippen LogP contribution in [0.2, 0.25) is 0 Å². The van der Waals surface area contributed by atoms with Gasteiger partial charge >= 0.3 is 0 Å². The van der Waals surface area contributed by atoms with Gasteiger partial charge in [-0.25, -0.2) is 0 Å². The maximum Gasteiger partial charge on any atom is 0.158 e. The van der Waals surface area contributed by atoms with Crippen molar-refractivity contribution in [3.05, 3.63) is 35.4 Å². The molecule has 16 heavy (non-hydrogen) atoms. The first-order valence-corrected chi connectivity index (χ1v) is 8.21. The van der Waals surface area contributed by atoms with Crippen LogP contribution >= 0.6 is 7.29 Å². The van der Waals surface area contributed by atoms with Crippen LogP contribution in [-0.4, -0.2) is 17.8 Å². The molecule has 86 valence electrons. The summed E-state index contributed by atoms with van der Waals surface area (Å²) in [4.78, 5) is 0. The molecule has 0 aliphatic carbocycles. The number of nitrogens with zero attached hydrogens (tertiary/aromatic N) is 1. The van der Waals surface area contributed by atoms with Gasteiger partial charge in [-0.15, -0.1) is 0 Å². The van der Waals surface area contributed by atoms with Gasteiger partial charge in [-0.05, 0) is 24.0 Å². The highest BCUT2D eigenvalue weighted by Gasteiger charge is 2.37. The Morgan fingerprint density at radius 3 is 2.06 bits per heavy atom. The Balaban J connectivity index is 1.85. The Kier molecular flexibility index (Phi) is 2.65. The molecule has 0 amide bonds. The van der Waals surface area contributed by atoms with E-state index in [2.05, 4.69) is 28.9 Å². The minimum absolute atomic E-state index is 0.809. The second-order valence-electron chi connectivity index (χ2n) is 4.95. The molecule has 1 aromatic rings. The van der Waals surface area contributed by atoms with Crippen molar-refractivity contribution in [1.82, 2.24) is 4.67 Å². The summed E-state index contributed by atoms with van der Waals surface area (Å²) in [6, 6.07) is 8.40. The molecule has 3 heteroatoms. The summed E-state index contributed by atoms with van der Waals surface area (Å²) in [7, 11) is -2.09. The molecular weight excluding hydrogens is 217 g/mol. The molecule has 0 atom stereocenters. The fourth-order valence-electron chi connectivity index (χ4n) is 2.90. The van der Waals surface area contributed by atoms with Gasteiger partial charge < -0.3 is 4.57 Å². The van der Waals surface area contributed by atoms with Crippen LogP contribution in [0.5, 0.6) is 0 Å². The number of fused-ring (bicyclic) bond motifs is 1. The molecule has 3 rings (SSSR count).